The highest BCUT2D eigenvalue weighted by atomic mass is 16.5. The number of ketones is 1. The SMILES string of the molecule is CC(O)Cc1ccc(OCCO)cc1.CCC(Cc1ccccc1)(C(=O)c1ccc(N2CCOCC2)cc1)N(C)C. The van der Waals surface area contributed by atoms with Crippen LogP contribution in [0.5, 0.6) is 5.75 Å². The molecule has 1 fully saturated rings. The van der Waals surface area contributed by atoms with Gasteiger partial charge in [-0.15, -0.1) is 0 Å². The molecular formula is C34H46N2O5. The summed E-state index contributed by atoms with van der Waals surface area (Å²) in [6, 6.07) is 25.9. The Labute approximate surface area is 245 Å². The van der Waals surface area contributed by atoms with Crippen molar-refractivity contribution >= 4 is 11.5 Å². The molecule has 222 valence electrons. The Balaban J connectivity index is 0.000000278. The molecule has 0 spiro atoms. The van der Waals surface area contributed by atoms with Crippen LogP contribution in [0.1, 0.15) is 41.8 Å². The number of aliphatic hydroxyl groups excluding tert-OH is 2. The highest BCUT2D eigenvalue weighted by Gasteiger charge is 2.39. The van der Waals surface area contributed by atoms with Gasteiger partial charge < -0.3 is 24.6 Å². The maximum Gasteiger partial charge on any atom is 0.183 e. The number of nitrogens with zero attached hydrogens (tertiary/aromatic N) is 2. The second-order valence-corrected chi connectivity index (χ2v) is 10.7. The number of carbonyl (C=O) groups excluding carboxylic acids is 1. The van der Waals surface area contributed by atoms with Gasteiger partial charge in [-0.25, -0.2) is 0 Å². The van der Waals surface area contributed by atoms with E-state index in [-0.39, 0.29) is 18.5 Å². The third-order valence-electron chi connectivity index (χ3n) is 7.52. The van der Waals surface area contributed by atoms with Gasteiger partial charge in [0.15, 0.2) is 5.78 Å². The van der Waals surface area contributed by atoms with Crippen LogP contribution in [0.25, 0.3) is 0 Å². The number of ether oxygens (including phenoxy) is 2. The first kappa shape index (κ1) is 32.3. The number of aliphatic hydroxyl groups is 2. The lowest BCUT2D eigenvalue weighted by atomic mass is 9.80. The Morgan fingerprint density at radius 1 is 0.976 bits per heavy atom. The summed E-state index contributed by atoms with van der Waals surface area (Å²) in [7, 11) is 4.01. The molecule has 7 nitrogen and oxygen atoms in total. The summed E-state index contributed by atoms with van der Waals surface area (Å²) in [5.41, 5.74) is 3.66. The quantitative estimate of drug-likeness (QED) is 0.311. The molecule has 4 rings (SSSR count). The zero-order chi connectivity index (χ0) is 29.7. The van der Waals surface area contributed by atoms with Crippen molar-refractivity contribution in [1.29, 1.82) is 0 Å². The molecule has 0 aromatic heterocycles. The highest BCUT2D eigenvalue weighted by Crippen LogP contribution is 2.29. The second kappa shape index (κ2) is 16.3. The maximum atomic E-state index is 13.6. The fourth-order valence-electron chi connectivity index (χ4n) is 5.12. The third kappa shape index (κ3) is 9.40. The minimum atomic E-state index is -0.540. The first-order valence-corrected chi connectivity index (χ1v) is 14.5. The van der Waals surface area contributed by atoms with Gasteiger partial charge >= 0.3 is 0 Å². The predicted octanol–water partition coefficient (Wildman–Crippen LogP) is 4.64. The molecule has 1 aliphatic rings. The van der Waals surface area contributed by atoms with Crippen LogP contribution in [-0.4, -0.2) is 86.2 Å². The molecule has 0 aliphatic carbocycles. The highest BCUT2D eigenvalue weighted by molar-refractivity contribution is 6.03. The summed E-state index contributed by atoms with van der Waals surface area (Å²) >= 11 is 0. The normalized spacial score (nSPS) is 15.4. The lowest BCUT2D eigenvalue weighted by Gasteiger charge is -2.38. The number of rotatable bonds is 12. The Morgan fingerprint density at radius 2 is 1.61 bits per heavy atom. The Hall–Kier alpha value is -3.23. The summed E-state index contributed by atoms with van der Waals surface area (Å²) in [5, 5.41) is 17.7. The van der Waals surface area contributed by atoms with E-state index in [1.165, 1.54) is 5.56 Å². The monoisotopic (exact) mass is 562 g/mol. The molecule has 3 aromatic carbocycles. The minimum absolute atomic E-state index is 0.0232. The molecule has 2 N–H and O–H groups in total. The van der Waals surface area contributed by atoms with E-state index in [1.54, 1.807) is 6.92 Å². The van der Waals surface area contributed by atoms with Crippen LogP contribution in [-0.2, 0) is 17.6 Å². The van der Waals surface area contributed by atoms with Crippen molar-refractivity contribution in [3.8, 4) is 5.75 Å². The lowest BCUT2D eigenvalue weighted by molar-refractivity contribution is 0.0666. The van der Waals surface area contributed by atoms with Crippen LogP contribution in [0.15, 0.2) is 78.9 Å². The molecule has 7 heteroatoms. The van der Waals surface area contributed by atoms with Crippen LogP contribution < -0.4 is 9.64 Å². The summed E-state index contributed by atoms with van der Waals surface area (Å²) in [5.74, 6) is 0.931. The average Bonchev–Trinajstić information content (AvgIpc) is 3.00. The fourth-order valence-corrected chi connectivity index (χ4v) is 5.12. The van der Waals surface area contributed by atoms with Gasteiger partial charge in [0.05, 0.1) is 31.5 Å². The Bertz CT molecular complexity index is 1160. The first-order valence-electron chi connectivity index (χ1n) is 14.5. The third-order valence-corrected chi connectivity index (χ3v) is 7.52. The van der Waals surface area contributed by atoms with Crippen LogP contribution in [0.3, 0.4) is 0 Å². The van der Waals surface area contributed by atoms with E-state index in [4.69, 9.17) is 19.7 Å². The van der Waals surface area contributed by atoms with Gasteiger partial charge in [0, 0.05) is 24.3 Å². The molecular weight excluding hydrogens is 516 g/mol. The predicted molar refractivity (Wildman–Crippen MR) is 165 cm³/mol. The molecule has 2 unspecified atom stereocenters. The molecule has 1 aliphatic heterocycles. The van der Waals surface area contributed by atoms with Crippen molar-refractivity contribution in [2.45, 2.75) is 44.8 Å². The summed E-state index contributed by atoms with van der Waals surface area (Å²) in [6.45, 7) is 7.52. The van der Waals surface area contributed by atoms with E-state index in [0.717, 1.165) is 55.3 Å². The van der Waals surface area contributed by atoms with Gasteiger partial charge in [0.2, 0.25) is 0 Å². The molecule has 41 heavy (non-hydrogen) atoms. The van der Waals surface area contributed by atoms with Gasteiger partial charge in [-0.1, -0.05) is 49.4 Å². The van der Waals surface area contributed by atoms with Gasteiger partial charge in [0.1, 0.15) is 12.4 Å². The van der Waals surface area contributed by atoms with Crippen LogP contribution in [0.4, 0.5) is 5.69 Å². The topological polar surface area (TPSA) is 82.5 Å². The van der Waals surface area contributed by atoms with E-state index in [0.29, 0.717) is 19.4 Å². The number of benzene rings is 3. The van der Waals surface area contributed by atoms with Gasteiger partial charge in [0.25, 0.3) is 0 Å². The number of anilines is 1. The van der Waals surface area contributed by atoms with Crippen molar-refractivity contribution in [2.75, 3.05) is 58.5 Å². The van der Waals surface area contributed by atoms with Crippen molar-refractivity contribution in [3.05, 3.63) is 95.6 Å². The Morgan fingerprint density at radius 3 is 2.15 bits per heavy atom. The lowest BCUT2D eigenvalue weighted by Crippen LogP contribution is -2.52. The fraction of sp³-hybridized carbons (Fsp3) is 0.441. The van der Waals surface area contributed by atoms with Gasteiger partial charge in [-0.05, 0) is 87.8 Å². The summed E-state index contributed by atoms with van der Waals surface area (Å²) < 4.78 is 10.6. The van der Waals surface area contributed by atoms with Crippen molar-refractivity contribution in [1.82, 2.24) is 4.90 Å². The van der Waals surface area contributed by atoms with E-state index in [1.807, 2.05) is 68.7 Å². The molecule has 0 amide bonds. The number of hydrogen-bond acceptors (Lipinski definition) is 7. The molecule has 0 bridgehead atoms. The number of hydrogen-bond donors (Lipinski definition) is 2. The molecule has 1 saturated heterocycles. The number of carbonyl (C=O) groups is 1. The van der Waals surface area contributed by atoms with E-state index >= 15 is 0 Å². The molecule has 0 radical (unpaired) electrons. The van der Waals surface area contributed by atoms with Crippen molar-refractivity contribution in [2.24, 2.45) is 0 Å². The molecule has 0 saturated carbocycles. The van der Waals surface area contributed by atoms with Crippen molar-refractivity contribution in [3.63, 3.8) is 0 Å². The summed E-state index contributed by atoms with van der Waals surface area (Å²) in [4.78, 5) is 17.9. The molecule has 1 heterocycles. The van der Waals surface area contributed by atoms with Crippen LogP contribution >= 0.6 is 0 Å². The standard InChI is InChI=1S/C23H30N2O2.C11H16O3/c1-4-23(24(2)3,18-19-8-6-5-7-9-19)22(26)20-10-12-21(13-11-20)25-14-16-27-17-15-25;1-9(13)8-10-2-4-11(5-3-10)14-7-6-12/h5-13H,4,14-18H2,1-3H3;2-5,9,12-13H,6-8H2,1H3. The average molecular weight is 563 g/mol. The van der Waals surface area contributed by atoms with Crippen LogP contribution in [0.2, 0.25) is 0 Å². The largest absolute Gasteiger partial charge is 0.491 e. The first-order chi connectivity index (χ1) is 19.8. The van der Waals surface area contributed by atoms with Gasteiger partial charge in [-0.2, -0.15) is 0 Å². The van der Waals surface area contributed by atoms with Crippen LogP contribution in [0, 0.1) is 0 Å². The minimum Gasteiger partial charge on any atom is -0.491 e. The molecule has 2 atom stereocenters. The van der Waals surface area contributed by atoms with E-state index < -0.39 is 5.54 Å². The van der Waals surface area contributed by atoms with E-state index in [9.17, 15) is 4.79 Å². The smallest absolute Gasteiger partial charge is 0.183 e. The number of Topliss-reactive ketones (excluding diaryl/α,β-unsaturated/α-hetero) is 1. The second-order valence-electron chi connectivity index (χ2n) is 10.7. The van der Waals surface area contributed by atoms with E-state index in [2.05, 4.69) is 41.0 Å². The number of morpholine rings is 1. The Kier molecular flexibility index (Phi) is 12.8. The van der Waals surface area contributed by atoms with Gasteiger partial charge in [-0.3, -0.25) is 9.69 Å². The number of likely N-dealkylation sites (N-methyl/N-ethyl adjacent to an activating group) is 1. The summed E-state index contributed by atoms with van der Waals surface area (Å²) in [6.07, 6.45) is 1.81. The van der Waals surface area contributed by atoms with Crippen molar-refractivity contribution < 1.29 is 24.5 Å². The molecule has 3 aromatic rings. The zero-order valence-electron chi connectivity index (χ0n) is 25.0. The maximum absolute atomic E-state index is 13.6. The zero-order valence-corrected chi connectivity index (χ0v) is 25.0.